The molecule has 0 aliphatic rings. The Hall–Kier alpha value is -1.93. The van der Waals surface area contributed by atoms with Crippen LogP contribution in [0.2, 0.25) is 0 Å². The van der Waals surface area contributed by atoms with Crippen LogP contribution in [0.1, 0.15) is 5.56 Å². The van der Waals surface area contributed by atoms with E-state index >= 15 is 0 Å². The average Bonchev–Trinajstić information content (AvgIpc) is 2.41. The number of benzene rings is 2. The van der Waals surface area contributed by atoms with Gasteiger partial charge < -0.3 is 0 Å². The van der Waals surface area contributed by atoms with Crippen molar-refractivity contribution in [3.05, 3.63) is 62.6 Å². The van der Waals surface area contributed by atoms with E-state index in [1.807, 2.05) is 0 Å². The lowest BCUT2D eigenvalue weighted by Gasteiger charge is -2.10. The van der Waals surface area contributed by atoms with Crippen molar-refractivity contribution in [3.8, 4) is 0 Å². The lowest BCUT2D eigenvalue weighted by molar-refractivity contribution is -0.384. The first-order valence-corrected chi connectivity index (χ1v) is 8.10. The Kier molecular flexibility index (Phi) is 4.29. The Morgan fingerprint density at radius 3 is 2.29 bits per heavy atom. The van der Waals surface area contributed by atoms with Gasteiger partial charge >= 0.3 is 0 Å². The predicted molar refractivity (Wildman–Crippen MR) is 82.8 cm³/mol. The van der Waals surface area contributed by atoms with Gasteiger partial charge in [-0.1, -0.05) is 15.9 Å². The molecule has 0 spiro atoms. The number of nitrogens with one attached hydrogen (secondary N) is 1. The highest BCUT2D eigenvalue weighted by Gasteiger charge is 2.16. The van der Waals surface area contributed by atoms with Gasteiger partial charge in [0.2, 0.25) is 0 Å². The molecule has 21 heavy (non-hydrogen) atoms. The van der Waals surface area contributed by atoms with Gasteiger partial charge in [0.1, 0.15) is 0 Å². The van der Waals surface area contributed by atoms with Crippen LogP contribution in [0.5, 0.6) is 0 Å². The van der Waals surface area contributed by atoms with Gasteiger partial charge in [-0.05, 0) is 42.8 Å². The molecular weight excluding hydrogens is 360 g/mol. The summed E-state index contributed by atoms with van der Waals surface area (Å²) in [4.78, 5) is 10.3. The molecule has 110 valence electrons. The van der Waals surface area contributed by atoms with E-state index < -0.39 is 14.9 Å². The Bertz CT molecular complexity index is 788. The van der Waals surface area contributed by atoms with Crippen LogP contribution in [-0.4, -0.2) is 13.3 Å². The molecule has 0 radical (unpaired) electrons. The van der Waals surface area contributed by atoms with Crippen LogP contribution in [0.25, 0.3) is 0 Å². The molecule has 0 fully saturated rings. The maximum absolute atomic E-state index is 12.2. The van der Waals surface area contributed by atoms with Crippen LogP contribution in [0.15, 0.2) is 51.8 Å². The largest absolute Gasteiger partial charge is 0.279 e. The lowest BCUT2D eigenvalue weighted by atomic mass is 10.2. The van der Waals surface area contributed by atoms with Gasteiger partial charge in [0, 0.05) is 16.6 Å². The smallest absolute Gasteiger partial charge is 0.269 e. The summed E-state index contributed by atoms with van der Waals surface area (Å²) >= 11 is 3.23. The van der Waals surface area contributed by atoms with Crippen molar-refractivity contribution in [1.29, 1.82) is 0 Å². The fourth-order valence-corrected chi connectivity index (χ4v) is 3.09. The van der Waals surface area contributed by atoms with E-state index in [1.165, 1.54) is 30.3 Å². The Balaban J connectivity index is 2.32. The molecule has 0 saturated carbocycles. The molecule has 2 aromatic carbocycles. The summed E-state index contributed by atoms with van der Waals surface area (Å²) < 4.78 is 27.6. The van der Waals surface area contributed by atoms with E-state index in [9.17, 15) is 18.5 Å². The topological polar surface area (TPSA) is 89.3 Å². The number of anilines is 1. The van der Waals surface area contributed by atoms with Gasteiger partial charge in [-0.15, -0.1) is 0 Å². The number of hydrogen-bond acceptors (Lipinski definition) is 4. The lowest BCUT2D eigenvalue weighted by Crippen LogP contribution is -2.13. The summed E-state index contributed by atoms with van der Waals surface area (Å²) in [5, 5.41) is 10.7. The summed E-state index contributed by atoms with van der Waals surface area (Å²) in [6, 6.07) is 10.1. The number of non-ortho nitro benzene ring substituents is 1. The zero-order chi connectivity index (χ0) is 15.6. The highest BCUT2D eigenvalue weighted by atomic mass is 79.9. The van der Waals surface area contributed by atoms with E-state index in [-0.39, 0.29) is 10.6 Å². The van der Waals surface area contributed by atoms with Crippen molar-refractivity contribution in [1.82, 2.24) is 0 Å². The monoisotopic (exact) mass is 370 g/mol. The van der Waals surface area contributed by atoms with Gasteiger partial charge in [-0.3, -0.25) is 14.8 Å². The van der Waals surface area contributed by atoms with Crippen LogP contribution in [-0.2, 0) is 10.0 Å². The normalized spacial score (nSPS) is 11.1. The number of hydrogen-bond donors (Lipinski definition) is 1. The second kappa shape index (κ2) is 5.82. The average molecular weight is 371 g/mol. The summed E-state index contributed by atoms with van der Waals surface area (Å²) in [6.07, 6.45) is 0. The number of nitrogens with zero attached hydrogens (tertiary/aromatic N) is 1. The first-order valence-electron chi connectivity index (χ1n) is 5.83. The SMILES string of the molecule is Cc1cc([N+](=O)[O-])ccc1NS(=O)(=O)c1ccc(Br)cc1. The summed E-state index contributed by atoms with van der Waals surface area (Å²) in [5.41, 5.74) is 0.701. The second-order valence-corrected chi connectivity index (χ2v) is 6.91. The first kappa shape index (κ1) is 15.5. The van der Waals surface area contributed by atoms with Gasteiger partial charge in [-0.25, -0.2) is 8.42 Å². The zero-order valence-corrected chi connectivity index (χ0v) is 13.3. The van der Waals surface area contributed by atoms with Crippen LogP contribution in [0.3, 0.4) is 0 Å². The van der Waals surface area contributed by atoms with Gasteiger partial charge in [-0.2, -0.15) is 0 Å². The van der Waals surface area contributed by atoms with Gasteiger partial charge in [0.15, 0.2) is 0 Å². The third kappa shape index (κ3) is 3.59. The van der Waals surface area contributed by atoms with Gasteiger partial charge in [0.25, 0.3) is 15.7 Å². The number of aryl methyl sites for hydroxylation is 1. The fourth-order valence-electron chi connectivity index (χ4n) is 1.69. The van der Waals surface area contributed by atoms with Crippen molar-refractivity contribution in [2.24, 2.45) is 0 Å². The second-order valence-electron chi connectivity index (χ2n) is 4.32. The highest BCUT2D eigenvalue weighted by Crippen LogP contribution is 2.24. The van der Waals surface area contributed by atoms with Crippen molar-refractivity contribution in [2.45, 2.75) is 11.8 Å². The number of nitro benzene ring substituents is 1. The van der Waals surface area contributed by atoms with Gasteiger partial charge in [0.05, 0.1) is 15.5 Å². The minimum Gasteiger partial charge on any atom is -0.279 e. The summed E-state index contributed by atoms with van der Waals surface area (Å²) in [7, 11) is -3.73. The minimum atomic E-state index is -3.73. The Morgan fingerprint density at radius 2 is 1.76 bits per heavy atom. The Labute approximate surface area is 130 Å². The van der Waals surface area contributed by atoms with Crippen LogP contribution in [0.4, 0.5) is 11.4 Å². The molecule has 2 rings (SSSR count). The molecule has 0 amide bonds. The van der Waals surface area contributed by atoms with Crippen LogP contribution >= 0.6 is 15.9 Å². The third-order valence-corrected chi connectivity index (χ3v) is 4.70. The summed E-state index contributed by atoms with van der Waals surface area (Å²) in [5.74, 6) is 0. The van der Waals surface area contributed by atoms with Crippen LogP contribution in [0, 0.1) is 17.0 Å². The van der Waals surface area contributed by atoms with E-state index in [1.54, 1.807) is 19.1 Å². The standard InChI is InChI=1S/C13H11BrN2O4S/c1-9-8-11(16(17)18)4-7-13(9)15-21(19,20)12-5-2-10(14)3-6-12/h2-8,15H,1H3. The molecule has 0 atom stereocenters. The molecule has 6 nitrogen and oxygen atoms in total. The van der Waals surface area contributed by atoms with E-state index in [0.29, 0.717) is 11.3 Å². The highest BCUT2D eigenvalue weighted by molar-refractivity contribution is 9.10. The number of rotatable bonds is 4. The molecule has 0 unspecified atom stereocenters. The van der Waals surface area contributed by atoms with Crippen molar-refractivity contribution in [2.75, 3.05) is 4.72 Å². The number of sulfonamides is 1. The molecule has 0 aliphatic carbocycles. The molecule has 0 bridgehead atoms. The minimum absolute atomic E-state index is 0.0842. The maximum atomic E-state index is 12.2. The van der Waals surface area contributed by atoms with E-state index in [2.05, 4.69) is 20.7 Å². The summed E-state index contributed by atoms with van der Waals surface area (Å²) in [6.45, 7) is 1.60. The molecule has 2 aromatic rings. The van der Waals surface area contributed by atoms with Crippen molar-refractivity contribution in [3.63, 3.8) is 0 Å². The molecule has 0 heterocycles. The molecule has 8 heteroatoms. The van der Waals surface area contributed by atoms with Crippen LogP contribution < -0.4 is 4.72 Å². The fraction of sp³-hybridized carbons (Fsp3) is 0.0769. The zero-order valence-electron chi connectivity index (χ0n) is 10.9. The predicted octanol–water partition coefficient (Wildman–Crippen LogP) is 3.47. The molecular formula is C13H11BrN2O4S. The molecule has 1 N–H and O–H groups in total. The van der Waals surface area contributed by atoms with Crippen molar-refractivity contribution < 1.29 is 13.3 Å². The maximum Gasteiger partial charge on any atom is 0.269 e. The molecule has 0 saturated heterocycles. The quantitative estimate of drug-likeness (QED) is 0.658. The number of halogens is 1. The molecule has 0 aliphatic heterocycles. The Morgan fingerprint density at radius 1 is 1.14 bits per heavy atom. The first-order chi connectivity index (χ1) is 9.79. The number of nitro groups is 1. The van der Waals surface area contributed by atoms with E-state index in [0.717, 1.165) is 4.47 Å². The van der Waals surface area contributed by atoms with Crippen molar-refractivity contribution >= 4 is 37.3 Å². The van der Waals surface area contributed by atoms with E-state index in [4.69, 9.17) is 0 Å². The molecule has 0 aromatic heterocycles. The third-order valence-electron chi connectivity index (χ3n) is 2.79.